The molecule has 1 fully saturated rings. The van der Waals surface area contributed by atoms with Gasteiger partial charge in [-0.15, -0.1) is 12.4 Å². The minimum atomic E-state index is -0.0387. The molecule has 23 heavy (non-hydrogen) atoms. The SMILES string of the molecule is CC(C)C(=O)Nc1ccc(CNC(=O)CC2CCCN2)cc1.Cl. The molecule has 2 amide bonds. The third-order valence-electron chi connectivity index (χ3n) is 3.83. The van der Waals surface area contributed by atoms with E-state index in [0.717, 1.165) is 30.6 Å². The van der Waals surface area contributed by atoms with Crippen molar-refractivity contribution in [2.24, 2.45) is 5.92 Å². The summed E-state index contributed by atoms with van der Waals surface area (Å²) in [6.07, 6.45) is 2.78. The summed E-state index contributed by atoms with van der Waals surface area (Å²) in [4.78, 5) is 23.5. The van der Waals surface area contributed by atoms with Crippen molar-refractivity contribution in [3.8, 4) is 0 Å². The van der Waals surface area contributed by atoms with Crippen molar-refractivity contribution in [2.45, 2.75) is 45.7 Å². The van der Waals surface area contributed by atoms with Crippen LogP contribution in [0.4, 0.5) is 5.69 Å². The summed E-state index contributed by atoms with van der Waals surface area (Å²) in [6, 6.07) is 7.89. The minimum Gasteiger partial charge on any atom is -0.352 e. The Hall–Kier alpha value is -1.59. The largest absolute Gasteiger partial charge is 0.352 e. The first kappa shape index (κ1) is 19.5. The third kappa shape index (κ3) is 6.59. The van der Waals surface area contributed by atoms with E-state index in [0.29, 0.717) is 19.0 Å². The fourth-order valence-corrected chi connectivity index (χ4v) is 2.42. The summed E-state index contributed by atoms with van der Waals surface area (Å²) in [5, 5.41) is 9.10. The van der Waals surface area contributed by atoms with Gasteiger partial charge in [0.05, 0.1) is 0 Å². The molecule has 1 aliphatic rings. The Morgan fingerprint density at radius 1 is 1.26 bits per heavy atom. The van der Waals surface area contributed by atoms with Crippen molar-refractivity contribution in [2.75, 3.05) is 11.9 Å². The predicted octanol–water partition coefficient (Wildman–Crippen LogP) is 2.46. The zero-order valence-electron chi connectivity index (χ0n) is 13.7. The van der Waals surface area contributed by atoms with Crippen LogP contribution >= 0.6 is 12.4 Å². The molecular formula is C17H26ClN3O2. The monoisotopic (exact) mass is 339 g/mol. The number of hydrogen-bond acceptors (Lipinski definition) is 3. The summed E-state index contributed by atoms with van der Waals surface area (Å²) in [6.45, 7) is 5.25. The Balaban J connectivity index is 0.00000264. The molecule has 0 spiro atoms. The Bertz CT molecular complexity index is 511. The summed E-state index contributed by atoms with van der Waals surface area (Å²) in [7, 11) is 0. The zero-order chi connectivity index (χ0) is 15.9. The maximum Gasteiger partial charge on any atom is 0.226 e. The van der Waals surface area contributed by atoms with E-state index in [9.17, 15) is 9.59 Å². The summed E-state index contributed by atoms with van der Waals surface area (Å²) < 4.78 is 0. The Morgan fingerprint density at radius 2 is 1.96 bits per heavy atom. The number of amides is 2. The van der Waals surface area contributed by atoms with E-state index in [2.05, 4.69) is 16.0 Å². The van der Waals surface area contributed by atoms with Crippen molar-refractivity contribution in [1.29, 1.82) is 0 Å². The molecule has 5 nitrogen and oxygen atoms in total. The second-order valence-corrected chi connectivity index (χ2v) is 6.12. The first-order valence-electron chi connectivity index (χ1n) is 7.94. The smallest absolute Gasteiger partial charge is 0.226 e. The van der Waals surface area contributed by atoms with Gasteiger partial charge < -0.3 is 16.0 Å². The molecular weight excluding hydrogens is 314 g/mol. The molecule has 1 heterocycles. The van der Waals surface area contributed by atoms with Gasteiger partial charge in [0, 0.05) is 30.6 Å². The summed E-state index contributed by atoms with van der Waals surface area (Å²) in [5.41, 5.74) is 1.80. The van der Waals surface area contributed by atoms with E-state index in [4.69, 9.17) is 0 Å². The average molecular weight is 340 g/mol. The van der Waals surface area contributed by atoms with Crippen LogP contribution in [0.1, 0.15) is 38.7 Å². The van der Waals surface area contributed by atoms with E-state index in [1.807, 2.05) is 38.1 Å². The molecule has 128 valence electrons. The van der Waals surface area contributed by atoms with Crippen LogP contribution in [0.3, 0.4) is 0 Å². The van der Waals surface area contributed by atoms with Gasteiger partial charge in [-0.2, -0.15) is 0 Å². The topological polar surface area (TPSA) is 70.2 Å². The molecule has 0 saturated carbocycles. The lowest BCUT2D eigenvalue weighted by Crippen LogP contribution is -2.31. The van der Waals surface area contributed by atoms with Gasteiger partial charge in [0.2, 0.25) is 11.8 Å². The van der Waals surface area contributed by atoms with Gasteiger partial charge in [0.25, 0.3) is 0 Å². The van der Waals surface area contributed by atoms with Crippen LogP contribution in [0.5, 0.6) is 0 Å². The summed E-state index contributed by atoms with van der Waals surface area (Å²) >= 11 is 0. The van der Waals surface area contributed by atoms with E-state index < -0.39 is 0 Å². The van der Waals surface area contributed by atoms with Gasteiger partial charge in [0.15, 0.2) is 0 Å². The molecule has 0 aromatic heterocycles. The normalized spacial score (nSPS) is 16.7. The lowest BCUT2D eigenvalue weighted by molar-refractivity contribution is -0.121. The van der Waals surface area contributed by atoms with Crippen molar-refractivity contribution in [3.63, 3.8) is 0 Å². The lowest BCUT2D eigenvalue weighted by atomic mass is 10.1. The van der Waals surface area contributed by atoms with Crippen LogP contribution in [0.15, 0.2) is 24.3 Å². The van der Waals surface area contributed by atoms with Crippen LogP contribution in [0, 0.1) is 5.92 Å². The van der Waals surface area contributed by atoms with E-state index in [-0.39, 0.29) is 30.1 Å². The number of benzene rings is 1. The van der Waals surface area contributed by atoms with Crippen molar-refractivity contribution in [3.05, 3.63) is 29.8 Å². The first-order chi connectivity index (χ1) is 10.5. The maximum atomic E-state index is 11.9. The molecule has 2 rings (SSSR count). The molecule has 6 heteroatoms. The molecule has 1 aromatic rings. The minimum absolute atomic E-state index is 0. The third-order valence-corrected chi connectivity index (χ3v) is 3.83. The molecule has 1 saturated heterocycles. The molecule has 0 aliphatic carbocycles. The highest BCUT2D eigenvalue weighted by Crippen LogP contribution is 2.12. The van der Waals surface area contributed by atoms with Crippen LogP contribution < -0.4 is 16.0 Å². The zero-order valence-corrected chi connectivity index (χ0v) is 14.5. The Labute approximate surface area is 144 Å². The van der Waals surface area contributed by atoms with Gasteiger partial charge in [-0.05, 0) is 37.1 Å². The van der Waals surface area contributed by atoms with Crippen molar-refractivity contribution < 1.29 is 9.59 Å². The fourth-order valence-electron chi connectivity index (χ4n) is 2.42. The van der Waals surface area contributed by atoms with Gasteiger partial charge >= 0.3 is 0 Å². The Kier molecular flexibility index (Phi) is 8.06. The molecule has 0 radical (unpaired) electrons. The molecule has 3 N–H and O–H groups in total. The van der Waals surface area contributed by atoms with Gasteiger partial charge in [0.1, 0.15) is 0 Å². The van der Waals surface area contributed by atoms with Gasteiger partial charge in [-0.1, -0.05) is 26.0 Å². The standard InChI is InChI=1S/C17H25N3O2.ClH/c1-12(2)17(22)20-14-7-5-13(6-8-14)11-19-16(21)10-15-4-3-9-18-15;/h5-8,12,15,18H,3-4,9-11H2,1-2H3,(H,19,21)(H,20,22);1H. The highest BCUT2D eigenvalue weighted by Gasteiger charge is 2.17. The highest BCUT2D eigenvalue weighted by molar-refractivity contribution is 5.92. The fraction of sp³-hybridized carbons (Fsp3) is 0.529. The van der Waals surface area contributed by atoms with Crippen molar-refractivity contribution in [1.82, 2.24) is 10.6 Å². The van der Waals surface area contributed by atoms with E-state index in [1.165, 1.54) is 0 Å². The maximum absolute atomic E-state index is 11.9. The highest BCUT2D eigenvalue weighted by atomic mass is 35.5. The second kappa shape index (κ2) is 9.53. The molecule has 0 bridgehead atoms. The second-order valence-electron chi connectivity index (χ2n) is 6.12. The van der Waals surface area contributed by atoms with Crippen LogP contribution in [-0.4, -0.2) is 24.4 Å². The number of hydrogen-bond donors (Lipinski definition) is 3. The lowest BCUT2D eigenvalue weighted by Gasteiger charge is -2.11. The molecule has 1 aliphatic heterocycles. The summed E-state index contributed by atoms with van der Waals surface area (Å²) in [5.74, 6) is 0.0462. The Morgan fingerprint density at radius 3 is 2.52 bits per heavy atom. The van der Waals surface area contributed by atoms with Crippen LogP contribution in [0.2, 0.25) is 0 Å². The number of nitrogens with one attached hydrogen (secondary N) is 3. The molecule has 1 unspecified atom stereocenters. The predicted molar refractivity (Wildman–Crippen MR) is 94.6 cm³/mol. The van der Waals surface area contributed by atoms with Crippen LogP contribution in [0.25, 0.3) is 0 Å². The molecule has 1 atom stereocenters. The quantitative estimate of drug-likeness (QED) is 0.745. The number of rotatable bonds is 6. The molecule has 1 aromatic carbocycles. The number of carbonyl (C=O) groups is 2. The van der Waals surface area contributed by atoms with E-state index in [1.54, 1.807) is 0 Å². The number of halogens is 1. The first-order valence-corrected chi connectivity index (χ1v) is 7.94. The van der Waals surface area contributed by atoms with Crippen LogP contribution in [-0.2, 0) is 16.1 Å². The van der Waals surface area contributed by atoms with Crippen molar-refractivity contribution >= 4 is 29.9 Å². The number of anilines is 1. The average Bonchev–Trinajstić information content (AvgIpc) is 2.99. The number of carbonyl (C=O) groups excluding carboxylic acids is 2. The van der Waals surface area contributed by atoms with Gasteiger partial charge in [-0.25, -0.2) is 0 Å². The van der Waals surface area contributed by atoms with E-state index >= 15 is 0 Å². The van der Waals surface area contributed by atoms with Gasteiger partial charge in [-0.3, -0.25) is 9.59 Å².